The first kappa shape index (κ1) is 18.6. The highest BCUT2D eigenvalue weighted by atomic mass is 127. The molecule has 21 heavy (non-hydrogen) atoms. The maximum Gasteiger partial charge on any atom is 0.252 e. The lowest BCUT2D eigenvalue weighted by Gasteiger charge is -2.22. The second-order valence-corrected chi connectivity index (χ2v) is 6.17. The summed E-state index contributed by atoms with van der Waals surface area (Å²) in [5, 5.41) is 6.10. The maximum absolute atomic E-state index is 13.2. The highest BCUT2D eigenvalue weighted by Gasteiger charge is 2.16. The van der Waals surface area contributed by atoms with E-state index in [1.165, 1.54) is 12.8 Å². The molecule has 0 saturated carbocycles. The minimum absolute atomic E-state index is 0. The number of halogens is 4. The van der Waals surface area contributed by atoms with Crippen LogP contribution in [-0.4, -0.2) is 25.5 Å². The number of nitrogens with one attached hydrogen (secondary N) is 2. The first-order valence-corrected chi connectivity index (χ1v) is 7.79. The molecule has 0 radical (unpaired) electrons. The second-order valence-electron chi connectivity index (χ2n) is 5.00. The van der Waals surface area contributed by atoms with E-state index in [0.717, 1.165) is 31.6 Å². The van der Waals surface area contributed by atoms with Crippen LogP contribution < -0.4 is 10.6 Å². The van der Waals surface area contributed by atoms with Crippen molar-refractivity contribution in [2.75, 3.05) is 19.6 Å². The molecule has 118 valence electrons. The molecule has 1 unspecified atom stereocenters. The molecule has 0 aromatic heterocycles. The van der Waals surface area contributed by atoms with E-state index in [-0.39, 0.29) is 23.9 Å². The summed E-state index contributed by atoms with van der Waals surface area (Å²) in [7, 11) is 0. The number of carbonyl (C=O) groups is 1. The quantitative estimate of drug-likeness (QED) is 0.569. The van der Waals surface area contributed by atoms with Crippen molar-refractivity contribution in [2.45, 2.75) is 19.3 Å². The summed E-state index contributed by atoms with van der Waals surface area (Å²) in [5.74, 6) is -1.70. The summed E-state index contributed by atoms with van der Waals surface area (Å²) >= 11 is 1.84. The molecule has 0 bridgehead atoms. The van der Waals surface area contributed by atoms with Gasteiger partial charge in [-0.1, -0.05) is 0 Å². The van der Waals surface area contributed by atoms with Crippen LogP contribution in [0.2, 0.25) is 0 Å². The van der Waals surface area contributed by atoms with Gasteiger partial charge in [0, 0.05) is 10.1 Å². The lowest BCUT2D eigenvalue weighted by molar-refractivity contribution is 0.0949. The molecule has 2 rings (SSSR count). The molecule has 0 aliphatic carbocycles. The zero-order valence-corrected chi connectivity index (χ0v) is 14.4. The maximum atomic E-state index is 13.2. The van der Waals surface area contributed by atoms with E-state index in [0.29, 0.717) is 16.0 Å². The Morgan fingerprint density at radius 1 is 1.38 bits per heavy atom. The molecule has 1 aliphatic rings. The summed E-state index contributed by atoms with van der Waals surface area (Å²) in [6, 6.07) is 1.99. The van der Waals surface area contributed by atoms with Gasteiger partial charge in [-0.15, -0.1) is 12.4 Å². The fourth-order valence-electron chi connectivity index (χ4n) is 2.35. The van der Waals surface area contributed by atoms with Crippen LogP contribution in [-0.2, 0) is 0 Å². The third-order valence-corrected chi connectivity index (χ3v) is 4.38. The second kappa shape index (κ2) is 8.85. The summed E-state index contributed by atoms with van der Waals surface area (Å²) in [4.78, 5) is 12.0. The SMILES string of the molecule is Cl.O=C(NCCC1CCCNC1)c1cc(F)c(F)cc1I. The Kier molecular flexibility index (Phi) is 7.83. The molecule has 1 aliphatic heterocycles. The van der Waals surface area contributed by atoms with E-state index in [2.05, 4.69) is 10.6 Å². The average molecular weight is 431 g/mol. The third-order valence-electron chi connectivity index (χ3n) is 3.49. The Balaban J connectivity index is 0.00000220. The highest BCUT2D eigenvalue weighted by Crippen LogP contribution is 2.17. The first-order valence-electron chi connectivity index (χ1n) is 6.71. The van der Waals surface area contributed by atoms with Gasteiger partial charge in [-0.3, -0.25) is 4.79 Å². The molecule has 1 aromatic carbocycles. The van der Waals surface area contributed by atoms with Crippen molar-refractivity contribution in [3.8, 4) is 0 Å². The number of benzene rings is 1. The lowest BCUT2D eigenvalue weighted by Crippen LogP contribution is -2.33. The van der Waals surface area contributed by atoms with Crippen molar-refractivity contribution < 1.29 is 13.6 Å². The Morgan fingerprint density at radius 2 is 2.10 bits per heavy atom. The molecule has 1 atom stereocenters. The predicted molar refractivity (Wildman–Crippen MR) is 88.9 cm³/mol. The van der Waals surface area contributed by atoms with Crippen molar-refractivity contribution in [2.24, 2.45) is 5.92 Å². The van der Waals surface area contributed by atoms with Gasteiger partial charge in [0.15, 0.2) is 11.6 Å². The zero-order valence-electron chi connectivity index (χ0n) is 11.4. The van der Waals surface area contributed by atoms with Crippen LogP contribution in [0.15, 0.2) is 12.1 Å². The Morgan fingerprint density at radius 3 is 2.76 bits per heavy atom. The van der Waals surface area contributed by atoms with Crippen molar-refractivity contribution in [1.82, 2.24) is 10.6 Å². The van der Waals surface area contributed by atoms with E-state index < -0.39 is 11.6 Å². The van der Waals surface area contributed by atoms with Crippen molar-refractivity contribution in [3.05, 3.63) is 32.9 Å². The minimum atomic E-state index is -0.993. The van der Waals surface area contributed by atoms with Crippen LogP contribution >= 0.6 is 35.0 Å². The largest absolute Gasteiger partial charge is 0.352 e. The Hall–Kier alpha value is -0.470. The standard InChI is InChI=1S/C14H17F2IN2O.ClH/c15-11-6-10(13(17)7-12(11)16)14(20)19-5-3-9-2-1-4-18-8-9;/h6-7,9,18H,1-5,8H2,(H,19,20);1H. The third kappa shape index (κ3) is 5.34. The van der Waals surface area contributed by atoms with Crippen LogP contribution in [0.3, 0.4) is 0 Å². The molecule has 7 heteroatoms. The summed E-state index contributed by atoms with van der Waals surface area (Å²) < 4.78 is 26.6. The Labute approximate surface area is 142 Å². The van der Waals surface area contributed by atoms with Gasteiger partial charge in [0.1, 0.15) is 0 Å². The van der Waals surface area contributed by atoms with Gasteiger partial charge < -0.3 is 10.6 Å². The summed E-state index contributed by atoms with van der Waals surface area (Å²) in [6.45, 7) is 2.61. The van der Waals surface area contributed by atoms with Crippen molar-refractivity contribution >= 4 is 40.9 Å². The monoisotopic (exact) mass is 430 g/mol. The van der Waals surface area contributed by atoms with E-state index in [1.54, 1.807) is 0 Å². The normalized spacial score (nSPS) is 18.0. The predicted octanol–water partition coefficient (Wildman–Crippen LogP) is 3.11. The van der Waals surface area contributed by atoms with E-state index in [1.807, 2.05) is 22.6 Å². The molecular formula is C14H18ClF2IN2O. The number of amides is 1. The number of piperidine rings is 1. The summed E-state index contributed by atoms with van der Waals surface area (Å²) in [5.41, 5.74) is 0.186. The van der Waals surface area contributed by atoms with Gasteiger partial charge in [-0.2, -0.15) is 0 Å². The number of hydrogen-bond acceptors (Lipinski definition) is 2. The number of carbonyl (C=O) groups excluding carboxylic acids is 1. The fraction of sp³-hybridized carbons (Fsp3) is 0.500. The lowest BCUT2D eigenvalue weighted by atomic mass is 9.96. The van der Waals surface area contributed by atoms with Crippen LogP contribution in [0.4, 0.5) is 8.78 Å². The molecule has 0 spiro atoms. The molecule has 1 aromatic rings. The molecular weight excluding hydrogens is 413 g/mol. The summed E-state index contributed by atoms with van der Waals surface area (Å²) in [6.07, 6.45) is 3.24. The average Bonchev–Trinajstić information content (AvgIpc) is 2.44. The Bertz CT molecular complexity index is 496. The topological polar surface area (TPSA) is 41.1 Å². The molecule has 1 amide bonds. The van der Waals surface area contributed by atoms with E-state index >= 15 is 0 Å². The zero-order chi connectivity index (χ0) is 14.5. The van der Waals surface area contributed by atoms with Crippen molar-refractivity contribution in [3.63, 3.8) is 0 Å². The van der Waals surface area contributed by atoms with Crippen LogP contribution in [0.1, 0.15) is 29.6 Å². The molecule has 3 nitrogen and oxygen atoms in total. The van der Waals surface area contributed by atoms with Crippen LogP contribution in [0.5, 0.6) is 0 Å². The van der Waals surface area contributed by atoms with E-state index in [4.69, 9.17) is 0 Å². The number of rotatable bonds is 4. The first-order chi connectivity index (χ1) is 9.58. The van der Waals surface area contributed by atoms with Gasteiger partial charge in [0.25, 0.3) is 5.91 Å². The van der Waals surface area contributed by atoms with Crippen molar-refractivity contribution in [1.29, 1.82) is 0 Å². The van der Waals surface area contributed by atoms with Gasteiger partial charge in [-0.25, -0.2) is 8.78 Å². The van der Waals surface area contributed by atoms with Gasteiger partial charge in [0.2, 0.25) is 0 Å². The van der Waals surface area contributed by atoms with Crippen LogP contribution in [0, 0.1) is 21.1 Å². The molecule has 1 saturated heterocycles. The van der Waals surface area contributed by atoms with E-state index in [9.17, 15) is 13.6 Å². The van der Waals surface area contributed by atoms with Gasteiger partial charge >= 0.3 is 0 Å². The molecule has 1 heterocycles. The molecule has 1 fully saturated rings. The van der Waals surface area contributed by atoms with Gasteiger partial charge in [0.05, 0.1) is 5.56 Å². The fourth-order valence-corrected chi connectivity index (χ4v) is 3.03. The molecule has 2 N–H and O–H groups in total. The number of hydrogen-bond donors (Lipinski definition) is 2. The minimum Gasteiger partial charge on any atom is -0.352 e. The highest BCUT2D eigenvalue weighted by molar-refractivity contribution is 14.1. The smallest absolute Gasteiger partial charge is 0.252 e. The van der Waals surface area contributed by atoms with Gasteiger partial charge in [-0.05, 0) is 73.0 Å². The van der Waals surface area contributed by atoms with Crippen LogP contribution in [0.25, 0.3) is 0 Å².